The van der Waals surface area contributed by atoms with Crippen LogP contribution in [0.25, 0.3) is 11.0 Å². The van der Waals surface area contributed by atoms with Crippen molar-refractivity contribution in [1.82, 2.24) is 0 Å². The highest BCUT2D eigenvalue weighted by Crippen LogP contribution is 2.35. The van der Waals surface area contributed by atoms with E-state index in [-0.39, 0.29) is 11.5 Å². The molecule has 1 aliphatic heterocycles. The van der Waals surface area contributed by atoms with E-state index in [1.54, 1.807) is 26.8 Å². The summed E-state index contributed by atoms with van der Waals surface area (Å²) in [4.78, 5) is 11.9. The summed E-state index contributed by atoms with van der Waals surface area (Å²) in [6, 6.07) is 5.03. The molecule has 0 radical (unpaired) electrons. The van der Waals surface area contributed by atoms with Gasteiger partial charge in [-0.3, -0.25) is 4.79 Å². The molecule has 1 unspecified atom stereocenters. The molecule has 0 amide bonds. The van der Waals surface area contributed by atoms with Gasteiger partial charge in [-0.1, -0.05) is 0 Å². The highest BCUT2D eigenvalue weighted by Gasteiger charge is 2.35. The van der Waals surface area contributed by atoms with Crippen LogP contribution in [0.2, 0.25) is 0 Å². The molecule has 2 aromatic rings. The Bertz CT molecular complexity index is 706. The number of hydrogen-bond donors (Lipinski definition) is 1. The van der Waals surface area contributed by atoms with E-state index in [2.05, 4.69) is 0 Å². The molecular formula is C15H16O4. The Kier molecular flexibility index (Phi) is 2.47. The summed E-state index contributed by atoms with van der Waals surface area (Å²) in [5.41, 5.74) is 0.502. The number of ether oxygens (including phenoxy) is 1. The summed E-state index contributed by atoms with van der Waals surface area (Å²) in [7, 11) is 0. The molecule has 0 saturated carbocycles. The average Bonchev–Trinajstić information content (AvgIpc) is 2.68. The Morgan fingerprint density at radius 1 is 1.32 bits per heavy atom. The van der Waals surface area contributed by atoms with Gasteiger partial charge in [-0.2, -0.15) is 0 Å². The van der Waals surface area contributed by atoms with Crippen LogP contribution in [-0.2, 0) is 6.42 Å². The van der Waals surface area contributed by atoms with Gasteiger partial charge in [0.1, 0.15) is 23.2 Å². The minimum Gasteiger partial charge on any atom is -0.487 e. The van der Waals surface area contributed by atoms with Gasteiger partial charge in [0.15, 0.2) is 5.43 Å². The third kappa shape index (κ3) is 2.02. The third-order valence-electron chi connectivity index (χ3n) is 3.50. The van der Waals surface area contributed by atoms with Gasteiger partial charge >= 0.3 is 0 Å². The Labute approximate surface area is 110 Å². The van der Waals surface area contributed by atoms with Gasteiger partial charge in [0.2, 0.25) is 0 Å². The van der Waals surface area contributed by atoms with Crippen molar-refractivity contribution in [1.29, 1.82) is 0 Å². The summed E-state index contributed by atoms with van der Waals surface area (Å²) in [6.07, 6.45) is 0.303. The molecular weight excluding hydrogens is 244 g/mol. The summed E-state index contributed by atoms with van der Waals surface area (Å²) >= 11 is 0. The van der Waals surface area contributed by atoms with Gasteiger partial charge in [0.25, 0.3) is 0 Å². The first kappa shape index (κ1) is 12.2. The van der Waals surface area contributed by atoms with E-state index in [1.165, 1.54) is 6.07 Å². The lowest BCUT2D eigenvalue weighted by Crippen LogP contribution is -2.39. The lowest BCUT2D eigenvalue weighted by atomic mass is 9.97. The standard InChI is InChI=1S/C15H16O4/c1-8-4-11(16)10-5-9-6-14(15(2,3)17)19-12(9)7-13(10)18-8/h4-5,7,14,17H,6H2,1-3H3. The SMILES string of the molecule is Cc1cc(=O)c2cc3c(cc2o1)OC(C(C)(C)O)C3. The van der Waals surface area contributed by atoms with E-state index >= 15 is 0 Å². The minimum atomic E-state index is -0.918. The molecule has 4 heteroatoms. The Hall–Kier alpha value is -1.81. The normalized spacial score (nSPS) is 18.4. The lowest BCUT2D eigenvalue weighted by molar-refractivity contribution is -0.0229. The molecule has 3 rings (SSSR count). The molecule has 1 atom stereocenters. The minimum absolute atomic E-state index is 0.0479. The van der Waals surface area contributed by atoms with Crippen molar-refractivity contribution < 1.29 is 14.3 Å². The van der Waals surface area contributed by atoms with Gasteiger partial charge in [0.05, 0.1) is 11.0 Å². The third-order valence-corrected chi connectivity index (χ3v) is 3.50. The maximum absolute atomic E-state index is 11.9. The van der Waals surface area contributed by atoms with Crippen molar-refractivity contribution in [2.45, 2.75) is 38.9 Å². The van der Waals surface area contributed by atoms with Crippen LogP contribution in [-0.4, -0.2) is 16.8 Å². The van der Waals surface area contributed by atoms with Crippen molar-refractivity contribution in [3.63, 3.8) is 0 Å². The second-order valence-corrected chi connectivity index (χ2v) is 5.64. The first-order chi connectivity index (χ1) is 8.84. The molecule has 4 nitrogen and oxygen atoms in total. The van der Waals surface area contributed by atoms with Gasteiger partial charge in [-0.15, -0.1) is 0 Å². The summed E-state index contributed by atoms with van der Waals surface area (Å²) in [6.45, 7) is 5.18. The highest BCUT2D eigenvalue weighted by atomic mass is 16.5. The van der Waals surface area contributed by atoms with Crippen LogP contribution in [0.5, 0.6) is 5.75 Å². The molecule has 0 aliphatic carbocycles. The monoisotopic (exact) mass is 260 g/mol. The number of benzene rings is 1. The zero-order valence-corrected chi connectivity index (χ0v) is 11.2. The fraction of sp³-hybridized carbons (Fsp3) is 0.400. The maximum Gasteiger partial charge on any atom is 0.192 e. The molecule has 0 fully saturated rings. The van der Waals surface area contributed by atoms with Crippen LogP contribution < -0.4 is 10.2 Å². The van der Waals surface area contributed by atoms with Crippen molar-refractivity contribution in [2.75, 3.05) is 0 Å². The molecule has 19 heavy (non-hydrogen) atoms. The molecule has 2 heterocycles. The summed E-state index contributed by atoms with van der Waals surface area (Å²) in [5, 5.41) is 10.6. The van der Waals surface area contributed by atoms with Crippen LogP contribution in [0.1, 0.15) is 25.2 Å². The van der Waals surface area contributed by atoms with E-state index in [4.69, 9.17) is 9.15 Å². The van der Waals surface area contributed by atoms with E-state index < -0.39 is 5.60 Å². The number of aliphatic hydroxyl groups is 1. The number of aryl methyl sites for hydroxylation is 1. The van der Waals surface area contributed by atoms with Crippen LogP contribution in [0.3, 0.4) is 0 Å². The lowest BCUT2D eigenvalue weighted by Gasteiger charge is -2.24. The van der Waals surface area contributed by atoms with Crippen molar-refractivity contribution in [3.8, 4) is 5.75 Å². The molecule has 1 aromatic heterocycles. The van der Waals surface area contributed by atoms with Crippen LogP contribution >= 0.6 is 0 Å². The summed E-state index contributed by atoms with van der Waals surface area (Å²) in [5.74, 6) is 1.27. The molecule has 0 saturated heterocycles. The van der Waals surface area contributed by atoms with E-state index in [0.29, 0.717) is 28.9 Å². The zero-order valence-electron chi connectivity index (χ0n) is 11.2. The quantitative estimate of drug-likeness (QED) is 0.853. The first-order valence-corrected chi connectivity index (χ1v) is 6.31. The van der Waals surface area contributed by atoms with Crippen molar-refractivity contribution in [3.05, 3.63) is 39.7 Å². The first-order valence-electron chi connectivity index (χ1n) is 6.31. The van der Waals surface area contributed by atoms with E-state index in [1.807, 2.05) is 6.07 Å². The summed E-state index contributed by atoms with van der Waals surface area (Å²) < 4.78 is 11.3. The zero-order chi connectivity index (χ0) is 13.8. The fourth-order valence-corrected chi connectivity index (χ4v) is 2.41. The van der Waals surface area contributed by atoms with E-state index in [9.17, 15) is 9.90 Å². The highest BCUT2D eigenvalue weighted by molar-refractivity contribution is 5.80. The van der Waals surface area contributed by atoms with Crippen LogP contribution in [0.4, 0.5) is 0 Å². The molecule has 0 bridgehead atoms. The predicted octanol–water partition coefficient (Wildman–Crippen LogP) is 2.18. The van der Waals surface area contributed by atoms with Gasteiger partial charge in [-0.05, 0) is 32.4 Å². The van der Waals surface area contributed by atoms with Gasteiger partial charge in [0, 0.05) is 18.6 Å². The van der Waals surface area contributed by atoms with E-state index in [0.717, 1.165) is 5.56 Å². The van der Waals surface area contributed by atoms with Gasteiger partial charge < -0.3 is 14.3 Å². The Morgan fingerprint density at radius 2 is 2.05 bits per heavy atom. The maximum atomic E-state index is 11.9. The van der Waals surface area contributed by atoms with Crippen LogP contribution in [0.15, 0.2) is 27.4 Å². The second-order valence-electron chi connectivity index (χ2n) is 5.64. The number of hydrogen-bond acceptors (Lipinski definition) is 4. The van der Waals surface area contributed by atoms with Crippen molar-refractivity contribution >= 4 is 11.0 Å². The second kappa shape index (κ2) is 3.84. The van der Waals surface area contributed by atoms with Crippen LogP contribution in [0, 0.1) is 6.92 Å². The number of fused-ring (bicyclic) bond motifs is 2. The smallest absolute Gasteiger partial charge is 0.192 e. The molecule has 1 N–H and O–H groups in total. The molecule has 100 valence electrons. The topological polar surface area (TPSA) is 59.7 Å². The van der Waals surface area contributed by atoms with Crippen molar-refractivity contribution in [2.24, 2.45) is 0 Å². The average molecular weight is 260 g/mol. The Morgan fingerprint density at radius 3 is 2.74 bits per heavy atom. The Balaban J connectivity index is 2.14. The molecule has 1 aliphatic rings. The number of rotatable bonds is 1. The predicted molar refractivity (Wildman–Crippen MR) is 71.6 cm³/mol. The molecule has 1 aromatic carbocycles. The fourth-order valence-electron chi connectivity index (χ4n) is 2.41. The largest absolute Gasteiger partial charge is 0.487 e. The molecule has 0 spiro atoms. The van der Waals surface area contributed by atoms with Gasteiger partial charge in [-0.25, -0.2) is 0 Å².